The molecule has 1 amide bonds. The van der Waals surface area contributed by atoms with E-state index in [0.29, 0.717) is 18.9 Å². The van der Waals surface area contributed by atoms with Crippen molar-refractivity contribution in [3.63, 3.8) is 0 Å². The van der Waals surface area contributed by atoms with Crippen LogP contribution in [-0.2, 0) is 4.79 Å². The molecule has 0 unspecified atom stereocenters. The number of aryl methyl sites for hydroxylation is 1. The van der Waals surface area contributed by atoms with Gasteiger partial charge in [-0.3, -0.25) is 4.79 Å². The van der Waals surface area contributed by atoms with Crippen molar-refractivity contribution >= 4 is 5.91 Å². The first-order valence-electron chi connectivity index (χ1n) is 7.44. The molecule has 0 saturated heterocycles. The SMILES string of the molecule is Cc1ccc(OCCNC(=O)[C@H](C)Oc2ccc(F)cc2)cc1. The largest absolute Gasteiger partial charge is 0.492 e. The van der Waals surface area contributed by atoms with Crippen LogP contribution in [-0.4, -0.2) is 25.2 Å². The lowest BCUT2D eigenvalue weighted by atomic mass is 10.2. The van der Waals surface area contributed by atoms with Gasteiger partial charge in [0.2, 0.25) is 0 Å². The molecule has 0 fully saturated rings. The Morgan fingerprint density at radius 2 is 1.70 bits per heavy atom. The van der Waals surface area contributed by atoms with Gasteiger partial charge in [-0.25, -0.2) is 4.39 Å². The van der Waals surface area contributed by atoms with Gasteiger partial charge in [0.1, 0.15) is 23.9 Å². The number of carbonyl (C=O) groups is 1. The predicted octanol–water partition coefficient (Wildman–Crippen LogP) is 3.10. The van der Waals surface area contributed by atoms with Gasteiger partial charge in [0.25, 0.3) is 5.91 Å². The van der Waals surface area contributed by atoms with Crippen LogP contribution in [0.25, 0.3) is 0 Å². The molecule has 2 aromatic rings. The second kappa shape index (κ2) is 8.17. The van der Waals surface area contributed by atoms with E-state index in [9.17, 15) is 9.18 Å². The lowest BCUT2D eigenvalue weighted by Crippen LogP contribution is -2.38. The fraction of sp³-hybridized carbons (Fsp3) is 0.278. The number of carbonyl (C=O) groups excluding carboxylic acids is 1. The second-order valence-corrected chi connectivity index (χ2v) is 5.17. The summed E-state index contributed by atoms with van der Waals surface area (Å²) in [5.41, 5.74) is 1.16. The Kier molecular flexibility index (Phi) is 5.97. The van der Waals surface area contributed by atoms with Crippen LogP contribution in [0.4, 0.5) is 4.39 Å². The minimum absolute atomic E-state index is 0.248. The standard InChI is InChI=1S/C18H20FNO3/c1-13-3-7-16(8-4-13)22-12-11-20-18(21)14(2)23-17-9-5-15(19)6-10-17/h3-10,14H,11-12H2,1-2H3,(H,20,21)/t14-/m0/s1. The molecule has 2 rings (SSSR count). The molecule has 5 heteroatoms. The average molecular weight is 317 g/mol. The van der Waals surface area contributed by atoms with Crippen LogP contribution >= 0.6 is 0 Å². The van der Waals surface area contributed by atoms with Gasteiger partial charge in [0, 0.05) is 0 Å². The summed E-state index contributed by atoms with van der Waals surface area (Å²) in [6, 6.07) is 13.2. The average Bonchev–Trinajstić information content (AvgIpc) is 2.55. The van der Waals surface area contributed by atoms with Crippen molar-refractivity contribution in [1.29, 1.82) is 0 Å². The van der Waals surface area contributed by atoms with Gasteiger partial charge in [-0.2, -0.15) is 0 Å². The smallest absolute Gasteiger partial charge is 0.260 e. The fourth-order valence-electron chi connectivity index (χ4n) is 1.89. The van der Waals surface area contributed by atoms with Crippen molar-refractivity contribution < 1.29 is 18.7 Å². The third kappa shape index (κ3) is 5.62. The van der Waals surface area contributed by atoms with Gasteiger partial charge < -0.3 is 14.8 Å². The Morgan fingerprint density at radius 3 is 2.35 bits per heavy atom. The van der Waals surface area contributed by atoms with Gasteiger partial charge in [-0.05, 0) is 50.2 Å². The molecule has 4 nitrogen and oxygen atoms in total. The van der Waals surface area contributed by atoms with E-state index in [4.69, 9.17) is 9.47 Å². The van der Waals surface area contributed by atoms with E-state index in [1.165, 1.54) is 24.3 Å². The van der Waals surface area contributed by atoms with Crippen LogP contribution in [0, 0.1) is 12.7 Å². The fourth-order valence-corrected chi connectivity index (χ4v) is 1.89. The summed E-state index contributed by atoms with van der Waals surface area (Å²) in [6.45, 7) is 4.40. The first kappa shape index (κ1) is 16.8. The quantitative estimate of drug-likeness (QED) is 0.798. The highest BCUT2D eigenvalue weighted by Gasteiger charge is 2.14. The zero-order valence-electron chi connectivity index (χ0n) is 13.2. The molecule has 0 aliphatic rings. The van der Waals surface area contributed by atoms with E-state index in [2.05, 4.69) is 5.32 Å². The van der Waals surface area contributed by atoms with E-state index in [1.807, 2.05) is 31.2 Å². The summed E-state index contributed by atoms with van der Waals surface area (Å²) in [4.78, 5) is 11.9. The lowest BCUT2D eigenvalue weighted by molar-refractivity contribution is -0.127. The summed E-state index contributed by atoms with van der Waals surface area (Å²) in [5, 5.41) is 2.73. The van der Waals surface area contributed by atoms with Crippen molar-refractivity contribution in [3.05, 3.63) is 59.9 Å². The maximum atomic E-state index is 12.8. The minimum Gasteiger partial charge on any atom is -0.492 e. The third-order valence-electron chi connectivity index (χ3n) is 3.19. The number of benzene rings is 2. The molecule has 0 radical (unpaired) electrons. The number of halogens is 1. The molecule has 1 atom stereocenters. The molecule has 0 aliphatic carbocycles. The van der Waals surface area contributed by atoms with Gasteiger partial charge in [0.15, 0.2) is 6.10 Å². The van der Waals surface area contributed by atoms with Crippen LogP contribution in [0.15, 0.2) is 48.5 Å². The molecule has 23 heavy (non-hydrogen) atoms. The molecular formula is C18H20FNO3. The van der Waals surface area contributed by atoms with E-state index < -0.39 is 6.10 Å². The molecule has 1 N–H and O–H groups in total. The lowest BCUT2D eigenvalue weighted by Gasteiger charge is -2.15. The highest BCUT2D eigenvalue weighted by Crippen LogP contribution is 2.13. The molecule has 0 aromatic heterocycles. The molecule has 0 aliphatic heterocycles. The van der Waals surface area contributed by atoms with Gasteiger partial charge in [-0.15, -0.1) is 0 Å². The molecule has 0 bridgehead atoms. The number of nitrogens with one attached hydrogen (secondary N) is 1. The van der Waals surface area contributed by atoms with Crippen LogP contribution in [0.2, 0.25) is 0 Å². The number of rotatable bonds is 7. The van der Waals surface area contributed by atoms with E-state index >= 15 is 0 Å². The Hall–Kier alpha value is -2.56. The first-order valence-corrected chi connectivity index (χ1v) is 7.44. The molecule has 0 saturated carbocycles. The summed E-state index contributed by atoms with van der Waals surface area (Å²) in [6.07, 6.45) is -0.667. The summed E-state index contributed by atoms with van der Waals surface area (Å²) in [7, 11) is 0. The summed E-state index contributed by atoms with van der Waals surface area (Å²) >= 11 is 0. The normalized spacial score (nSPS) is 11.6. The Bertz CT molecular complexity index is 626. The summed E-state index contributed by atoms with van der Waals surface area (Å²) in [5.74, 6) is 0.620. The first-order chi connectivity index (χ1) is 11.0. The van der Waals surface area contributed by atoms with E-state index in [1.54, 1.807) is 6.92 Å². The van der Waals surface area contributed by atoms with Gasteiger partial charge >= 0.3 is 0 Å². The zero-order chi connectivity index (χ0) is 16.7. The highest BCUT2D eigenvalue weighted by atomic mass is 19.1. The molecule has 2 aromatic carbocycles. The Balaban J connectivity index is 1.69. The predicted molar refractivity (Wildman–Crippen MR) is 86.2 cm³/mol. The maximum absolute atomic E-state index is 12.8. The number of ether oxygens (including phenoxy) is 2. The van der Waals surface area contributed by atoms with Crippen LogP contribution < -0.4 is 14.8 Å². The molecule has 0 spiro atoms. The van der Waals surface area contributed by atoms with Gasteiger partial charge in [-0.1, -0.05) is 17.7 Å². The number of hydrogen-bond donors (Lipinski definition) is 1. The molecule has 0 heterocycles. The van der Waals surface area contributed by atoms with Crippen molar-refractivity contribution in [2.24, 2.45) is 0 Å². The van der Waals surface area contributed by atoms with E-state index in [0.717, 1.165) is 11.3 Å². The second-order valence-electron chi connectivity index (χ2n) is 5.17. The zero-order valence-corrected chi connectivity index (χ0v) is 13.2. The van der Waals surface area contributed by atoms with Crippen molar-refractivity contribution in [2.45, 2.75) is 20.0 Å². The Labute approximate surface area is 135 Å². The Morgan fingerprint density at radius 1 is 1.09 bits per heavy atom. The monoisotopic (exact) mass is 317 g/mol. The van der Waals surface area contributed by atoms with Crippen molar-refractivity contribution in [3.8, 4) is 11.5 Å². The summed E-state index contributed by atoms with van der Waals surface area (Å²) < 4.78 is 23.8. The number of hydrogen-bond acceptors (Lipinski definition) is 3. The van der Waals surface area contributed by atoms with Crippen LogP contribution in [0.3, 0.4) is 0 Å². The van der Waals surface area contributed by atoms with E-state index in [-0.39, 0.29) is 11.7 Å². The highest BCUT2D eigenvalue weighted by molar-refractivity contribution is 5.80. The molecular weight excluding hydrogens is 297 g/mol. The minimum atomic E-state index is -0.667. The van der Waals surface area contributed by atoms with Gasteiger partial charge in [0.05, 0.1) is 6.54 Å². The topological polar surface area (TPSA) is 47.6 Å². The van der Waals surface area contributed by atoms with Crippen LogP contribution in [0.1, 0.15) is 12.5 Å². The van der Waals surface area contributed by atoms with Crippen molar-refractivity contribution in [1.82, 2.24) is 5.32 Å². The maximum Gasteiger partial charge on any atom is 0.260 e. The van der Waals surface area contributed by atoms with Crippen molar-refractivity contribution in [2.75, 3.05) is 13.2 Å². The number of amides is 1. The molecule has 122 valence electrons. The van der Waals surface area contributed by atoms with Crippen LogP contribution in [0.5, 0.6) is 11.5 Å². The third-order valence-corrected chi connectivity index (χ3v) is 3.19.